The van der Waals surface area contributed by atoms with E-state index in [9.17, 15) is 10.1 Å². The molecule has 0 radical (unpaired) electrons. The number of carbonyl (C=O) groups is 1. The van der Waals surface area contributed by atoms with Crippen molar-refractivity contribution in [3.05, 3.63) is 28.6 Å². The fourth-order valence-electron chi connectivity index (χ4n) is 2.34. The molecule has 1 N–H and O–H groups in total. The molecule has 0 bridgehead atoms. The summed E-state index contributed by atoms with van der Waals surface area (Å²) in [7, 11) is 0. The normalized spacial score (nSPS) is 12.4. The summed E-state index contributed by atoms with van der Waals surface area (Å²) in [4.78, 5) is 12.1. The molecular formula is C17H22N4O. The largest absolute Gasteiger partial charge is 0.349 e. The van der Waals surface area contributed by atoms with Crippen molar-refractivity contribution >= 4 is 12.0 Å². The Morgan fingerprint density at radius 1 is 1.45 bits per heavy atom. The fourth-order valence-corrected chi connectivity index (χ4v) is 2.34. The maximum Gasteiger partial charge on any atom is 0.262 e. The lowest BCUT2D eigenvalue weighted by molar-refractivity contribution is -0.117. The third-order valence-electron chi connectivity index (χ3n) is 3.50. The molecule has 1 amide bonds. The van der Waals surface area contributed by atoms with Gasteiger partial charge in [0.05, 0.1) is 12.5 Å². The average Bonchev–Trinajstić information content (AvgIpc) is 2.72. The van der Waals surface area contributed by atoms with Crippen LogP contribution in [0.2, 0.25) is 0 Å². The van der Waals surface area contributed by atoms with Gasteiger partial charge in [0.25, 0.3) is 5.91 Å². The number of carbonyl (C=O) groups excluding carboxylic acids is 1. The van der Waals surface area contributed by atoms with Gasteiger partial charge in [-0.2, -0.15) is 10.5 Å². The van der Waals surface area contributed by atoms with Gasteiger partial charge in [-0.1, -0.05) is 6.92 Å². The third kappa shape index (κ3) is 4.23. The lowest BCUT2D eigenvalue weighted by atomic mass is 10.1. The topological polar surface area (TPSA) is 81.6 Å². The summed E-state index contributed by atoms with van der Waals surface area (Å²) in [6.07, 6.45) is 2.86. The number of hydrogen-bond acceptors (Lipinski definition) is 3. The first kappa shape index (κ1) is 17.5. The Morgan fingerprint density at radius 3 is 2.68 bits per heavy atom. The van der Waals surface area contributed by atoms with Gasteiger partial charge in [0, 0.05) is 24.0 Å². The van der Waals surface area contributed by atoms with E-state index in [0.29, 0.717) is 0 Å². The Balaban J connectivity index is 3.03. The predicted octanol–water partition coefficient (Wildman–Crippen LogP) is 2.84. The van der Waals surface area contributed by atoms with Crippen LogP contribution in [0.15, 0.2) is 11.6 Å². The van der Waals surface area contributed by atoms with E-state index < -0.39 is 5.91 Å². The van der Waals surface area contributed by atoms with Gasteiger partial charge in [0.15, 0.2) is 0 Å². The van der Waals surface area contributed by atoms with Crippen LogP contribution in [0.5, 0.6) is 0 Å². The molecule has 0 aliphatic carbocycles. The SMILES string of the molecule is CCCn1c(C)cc(/C=C(/C#N)C(=O)N[C@@H](C)CC#N)c1C. The number of nitrogens with one attached hydrogen (secondary N) is 1. The number of amides is 1. The van der Waals surface area contributed by atoms with E-state index in [1.165, 1.54) is 0 Å². The number of aryl methyl sites for hydroxylation is 1. The van der Waals surface area contributed by atoms with Gasteiger partial charge >= 0.3 is 0 Å². The van der Waals surface area contributed by atoms with Crippen molar-refractivity contribution in [1.29, 1.82) is 10.5 Å². The van der Waals surface area contributed by atoms with Crippen LogP contribution < -0.4 is 5.32 Å². The van der Waals surface area contributed by atoms with E-state index in [0.717, 1.165) is 29.9 Å². The van der Waals surface area contributed by atoms with E-state index >= 15 is 0 Å². The van der Waals surface area contributed by atoms with Crippen molar-refractivity contribution in [1.82, 2.24) is 9.88 Å². The molecule has 0 aliphatic rings. The van der Waals surface area contributed by atoms with Gasteiger partial charge in [-0.15, -0.1) is 0 Å². The zero-order chi connectivity index (χ0) is 16.7. The molecule has 1 rings (SSSR count). The minimum Gasteiger partial charge on any atom is -0.349 e. The highest BCUT2D eigenvalue weighted by Crippen LogP contribution is 2.18. The monoisotopic (exact) mass is 298 g/mol. The maximum absolute atomic E-state index is 12.1. The Morgan fingerprint density at radius 2 is 2.14 bits per heavy atom. The van der Waals surface area contributed by atoms with Crippen LogP contribution in [0.25, 0.3) is 6.08 Å². The molecule has 5 nitrogen and oxygen atoms in total. The van der Waals surface area contributed by atoms with Gasteiger partial charge in [-0.05, 0) is 44.9 Å². The number of aromatic nitrogens is 1. The van der Waals surface area contributed by atoms with Crippen LogP contribution in [0.3, 0.4) is 0 Å². The molecule has 0 fully saturated rings. The maximum atomic E-state index is 12.1. The molecule has 0 unspecified atom stereocenters. The second-order valence-corrected chi connectivity index (χ2v) is 5.38. The van der Waals surface area contributed by atoms with Crippen LogP contribution in [-0.2, 0) is 11.3 Å². The summed E-state index contributed by atoms with van der Waals surface area (Å²) in [5.74, 6) is -0.439. The molecular weight excluding hydrogens is 276 g/mol. The van der Waals surface area contributed by atoms with Crippen LogP contribution in [0, 0.1) is 36.5 Å². The van der Waals surface area contributed by atoms with Gasteiger partial charge in [-0.25, -0.2) is 0 Å². The highest BCUT2D eigenvalue weighted by atomic mass is 16.1. The molecule has 0 aromatic carbocycles. The summed E-state index contributed by atoms with van der Waals surface area (Å²) in [5.41, 5.74) is 3.10. The molecule has 5 heteroatoms. The summed E-state index contributed by atoms with van der Waals surface area (Å²) >= 11 is 0. The fraction of sp³-hybridized carbons (Fsp3) is 0.471. The highest BCUT2D eigenvalue weighted by molar-refractivity contribution is 6.02. The molecule has 116 valence electrons. The number of nitrogens with zero attached hydrogens (tertiary/aromatic N) is 3. The first-order valence-corrected chi connectivity index (χ1v) is 7.40. The van der Waals surface area contributed by atoms with Crippen LogP contribution >= 0.6 is 0 Å². The molecule has 0 saturated carbocycles. The third-order valence-corrected chi connectivity index (χ3v) is 3.50. The van der Waals surface area contributed by atoms with Gasteiger partial charge in [0.2, 0.25) is 0 Å². The van der Waals surface area contributed by atoms with Crippen molar-refractivity contribution in [2.75, 3.05) is 0 Å². The summed E-state index contributed by atoms with van der Waals surface area (Å²) in [6, 6.07) is 5.64. The van der Waals surface area contributed by atoms with Crippen molar-refractivity contribution in [3.63, 3.8) is 0 Å². The van der Waals surface area contributed by atoms with Crippen molar-refractivity contribution in [2.24, 2.45) is 0 Å². The van der Waals surface area contributed by atoms with Crippen LogP contribution in [-0.4, -0.2) is 16.5 Å². The zero-order valence-electron chi connectivity index (χ0n) is 13.6. The van der Waals surface area contributed by atoms with Crippen LogP contribution in [0.4, 0.5) is 0 Å². The standard InChI is InChI=1S/C17H22N4O/c1-5-8-21-13(3)9-15(14(21)4)10-16(11-19)17(22)20-12(2)6-7-18/h9-10,12H,5-6,8H2,1-4H3,(H,20,22)/b16-10-/t12-/m0/s1. The van der Waals surface area contributed by atoms with Gasteiger partial charge < -0.3 is 9.88 Å². The van der Waals surface area contributed by atoms with Crippen molar-refractivity contribution < 1.29 is 4.79 Å². The molecule has 1 aromatic rings. The Labute approximate surface area is 131 Å². The molecule has 0 saturated heterocycles. The second kappa shape index (κ2) is 8.05. The van der Waals surface area contributed by atoms with E-state index in [2.05, 4.69) is 16.8 Å². The van der Waals surface area contributed by atoms with Crippen LogP contribution in [0.1, 0.15) is 43.6 Å². The molecule has 1 heterocycles. The molecule has 0 aliphatic heterocycles. The molecule has 1 aromatic heterocycles. The number of rotatable bonds is 6. The molecule has 1 atom stereocenters. The average molecular weight is 298 g/mol. The quantitative estimate of drug-likeness (QED) is 0.647. The first-order valence-electron chi connectivity index (χ1n) is 7.40. The minimum absolute atomic E-state index is 0.0570. The second-order valence-electron chi connectivity index (χ2n) is 5.38. The van der Waals surface area contributed by atoms with E-state index in [1.54, 1.807) is 13.0 Å². The lowest BCUT2D eigenvalue weighted by Gasteiger charge is -2.09. The predicted molar refractivity (Wildman–Crippen MR) is 85.6 cm³/mol. The summed E-state index contributed by atoms with van der Waals surface area (Å²) in [5, 5.41) is 20.5. The Kier molecular flexibility index (Phi) is 6.41. The molecule has 22 heavy (non-hydrogen) atoms. The lowest BCUT2D eigenvalue weighted by Crippen LogP contribution is -2.33. The Hall–Kier alpha value is -2.53. The van der Waals surface area contributed by atoms with E-state index in [4.69, 9.17) is 5.26 Å². The minimum atomic E-state index is -0.439. The summed E-state index contributed by atoms with van der Waals surface area (Å²) in [6.45, 7) is 8.77. The van der Waals surface area contributed by atoms with Crippen molar-refractivity contribution in [2.45, 2.75) is 53.1 Å². The number of nitriles is 2. The molecule has 0 spiro atoms. The number of hydrogen-bond donors (Lipinski definition) is 1. The van der Waals surface area contributed by atoms with E-state index in [-0.39, 0.29) is 18.0 Å². The first-order chi connectivity index (χ1) is 10.4. The summed E-state index contributed by atoms with van der Waals surface area (Å²) < 4.78 is 2.18. The van der Waals surface area contributed by atoms with E-state index in [1.807, 2.05) is 32.1 Å². The Bertz CT molecular complexity index is 655. The van der Waals surface area contributed by atoms with Gasteiger partial charge in [0.1, 0.15) is 11.6 Å². The van der Waals surface area contributed by atoms with Crippen molar-refractivity contribution in [3.8, 4) is 12.1 Å². The zero-order valence-corrected chi connectivity index (χ0v) is 13.6. The van der Waals surface area contributed by atoms with Gasteiger partial charge in [-0.3, -0.25) is 4.79 Å². The smallest absolute Gasteiger partial charge is 0.262 e. The highest BCUT2D eigenvalue weighted by Gasteiger charge is 2.14.